The third kappa shape index (κ3) is 3.13. The first-order valence-electron chi connectivity index (χ1n) is 6.26. The summed E-state index contributed by atoms with van der Waals surface area (Å²) < 4.78 is 1.94. The molecule has 1 N–H and O–H groups in total. The van der Waals surface area contributed by atoms with Crippen molar-refractivity contribution in [1.82, 2.24) is 25.1 Å². The predicted octanol–water partition coefficient (Wildman–Crippen LogP) is 1.07. The average Bonchev–Trinajstić information content (AvgIpc) is 2.86. The second kappa shape index (κ2) is 6.26. The molecule has 0 aromatic carbocycles. The van der Waals surface area contributed by atoms with Gasteiger partial charge in [-0.1, -0.05) is 0 Å². The minimum atomic E-state index is 0.363. The molecule has 96 valence electrons. The maximum Gasteiger partial charge on any atom is 0.138 e. The van der Waals surface area contributed by atoms with Crippen LogP contribution in [-0.2, 0) is 19.4 Å². The maximum absolute atomic E-state index is 4.32. The lowest BCUT2D eigenvalue weighted by Crippen LogP contribution is -2.31. The van der Waals surface area contributed by atoms with Crippen LogP contribution in [-0.4, -0.2) is 32.8 Å². The van der Waals surface area contributed by atoms with Crippen molar-refractivity contribution in [3.63, 3.8) is 0 Å². The molecule has 0 aliphatic carbocycles. The van der Waals surface area contributed by atoms with Gasteiger partial charge < -0.3 is 5.32 Å². The number of pyridine rings is 1. The number of nitrogens with zero attached hydrogens (tertiary/aromatic N) is 4. The summed E-state index contributed by atoms with van der Waals surface area (Å²) >= 11 is 0. The summed E-state index contributed by atoms with van der Waals surface area (Å²) in [5.74, 6) is 1.03. The zero-order valence-electron chi connectivity index (χ0n) is 10.9. The highest BCUT2D eigenvalue weighted by Gasteiger charge is 2.12. The highest BCUT2D eigenvalue weighted by molar-refractivity contribution is 5.12. The van der Waals surface area contributed by atoms with Gasteiger partial charge in [0.2, 0.25) is 0 Å². The molecule has 0 aliphatic heterocycles. The molecular weight excluding hydrogens is 226 g/mol. The van der Waals surface area contributed by atoms with Gasteiger partial charge in [-0.15, -0.1) is 0 Å². The second-order valence-electron chi connectivity index (χ2n) is 4.24. The van der Waals surface area contributed by atoms with Crippen LogP contribution < -0.4 is 5.32 Å². The molecule has 2 aromatic rings. The first kappa shape index (κ1) is 12.7. The molecule has 1 atom stereocenters. The Hall–Kier alpha value is -1.75. The molecular formula is C13H19N5. The van der Waals surface area contributed by atoms with Crippen LogP contribution in [0.2, 0.25) is 0 Å². The number of aromatic nitrogens is 4. The molecule has 0 saturated heterocycles. The van der Waals surface area contributed by atoms with Gasteiger partial charge in [0, 0.05) is 31.4 Å². The van der Waals surface area contributed by atoms with Crippen LogP contribution in [0.15, 0.2) is 30.9 Å². The van der Waals surface area contributed by atoms with Crippen molar-refractivity contribution in [2.45, 2.75) is 32.4 Å². The van der Waals surface area contributed by atoms with E-state index < -0.39 is 0 Å². The number of aryl methyl sites for hydroxylation is 1. The Morgan fingerprint density at radius 1 is 1.28 bits per heavy atom. The Balaban J connectivity index is 2.02. The summed E-state index contributed by atoms with van der Waals surface area (Å²) in [6.07, 6.45) is 7.13. The molecule has 5 nitrogen and oxygen atoms in total. The molecule has 5 heteroatoms. The maximum atomic E-state index is 4.32. The molecule has 2 rings (SSSR count). The first-order valence-corrected chi connectivity index (χ1v) is 6.26. The van der Waals surface area contributed by atoms with Crippen LogP contribution in [0.1, 0.15) is 18.3 Å². The molecule has 2 heterocycles. The lowest BCUT2D eigenvalue weighted by Gasteiger charge is -2.15. The number of nitrogens with one attached hydrogen (secondary N) is 1. The Morgan fingerprint density at radius 3 is 2.72 bits per heavy atom. The Bertz CT molecular complexity index is 465. The fourth-order valence-electron chi connectivity index (χ4n) is 2.01. The van der Waals surface area contributed by atoms with Crippen LogP contribution in [0, 0.1) is 0 Å². The van der Waals surface area contributed by atoms with Gasteiger partial charge in [-0.25, -0.2) is 4.98 Å². The number of hydrogen-bond acceptors (Lipinski definition) is 4. The Labute approximate surface area is 107 Å². The van der Waals surface area contributed by atoms with E-state index in [0.717, 1.165) is 25.2 Å². The van der Waals surface area contributed by atoms with Crippen LogP contribution >= 0.6 is 0 Å². The average molecular weight is 245 g/mol. The SMILES string of the molecule is CCn1ncnc1CC(Cc1ccncc1)NC. The van der Waals surface area contributed by atoms with Crippen LogP contribution in [0.3, 0.4) is 0 Å². The van der Waals surface area contributed by atoms with Gasteiger partial charge in [0.05, 0.1) is 0 Å². The number of rotatable bonds is 6. The summed E-state index contributed by atoms with van der Waals surface area (Å²) in [7, 11) is 1.98. The second-order valence-corrected chi connectivity index (χ2v) is 4.24. The molecule has 0 bridgehead atoms. The van der Waals surface area contributed by atoms with Gasteiger partial charge in [0.15, 0.2) is 0 Å². The molecule has 1 unspecified atom stereocenters. The summed E-state index contributed by atoms with van der Waals surface area (Å²) in [5.41, 5.74) is 1.28. The van der Waals surface area contributed by atoms with Crippen LogP contribution in [0.4, 0.5) is 0 Å². The van der Waals surface area contributed by atoms with Gasteiger partial charge in [-0.05, 0) is 38.1 Å². The van der Waals surface area contributed by atoms with Gasteiger partial charge in [-0.3, -0.25) is 9.67 Å². The van der Waals surface area contributed by atoms with Crippen molar-refractivity contribution in [2.24, 2.45) is 0 Å². The van der Waals surface area contributed by atoms with Gasteiger partial charge in [-0.2, -0.15) is 5.10 Å². The quantitative estimate of drug-likeness (QED) is 0.827. The molecule has 18 heavy (non-hydrogen) atoms. The fraction of sp³-hybridized carbons (Fsp3) is 0.462. The van der Waals surface area contributed by atoms with Crippen molar-refractivity contribution in [3.05, 3.63) is 42.2 Å². The zero-order valence-corrected chi connectivity index (χ0v) is 10.9. The van der Waals surface area contributed by atoms with E-state index in [0.29, 0.717) is 6.04 Å². The third-order valence-corrected chi connectivity index (χ3v) is 3.06. The summed E-state index contributed by atoms with van der Waals surface area (Å²) in [6, 6.07) is 4.46. The fourth-order valence-corrected chi connectivity index (χ4v) is 2.01. The molecule has 0 spiro atoms. The van der Waals surface area contributed by atoms with Gasteiger partial charge in [0.1, 0.15) is 12.2 Å². The van der Waals surface area contributed by atoms with Crippen LogP contribution in [0.25, 0.3) is 0 Å². The predicted molar refractivity (Wildman–Crippen MR) is 70.2 cm³/mol. The van der Waals surface area contributed by atoms with Crippen molar-refractivity contribution in [3.8, 4) is 0 Å². The largest absolute Gasteiger partial charge is 0.316 e. The Morgan fingerprint density at radius 2 is 2.06 bits per heavy atom. The third-order valence-electron chi connectivity index (χ3n) is 3.06. The molecule has 0 fully saturated rings. The van der Waals surface area contributed by atoms with Crippen molar-refractivity contribution in [1.29, 1.82) is 0 Å². The Kier molecular flexibility index (Phi) is 4.41. The van der Waals surface area contributed by atoms with E-state index in [-0.39, 0.29) is 0 Å². The minimum absolute atomic E-state index is 0.363. The van der Waals surface area contributed by atoms with E-state index in [1.54, 1.807) is 6.33 Å². The highest BCUT2D eigenvalue weighted by atomic mass is 15.3. The zero-order chi connectivity index (χ0) is 12.8. The van der Waals surface area contributed by atoms with E-state index in [1.165, 1.54) is 5.56 Å². The van der Waals surface area contributed by atoms with Crippen molar-refractivity contribution < 1.29 is 0 Å². The summed E-state index contributed by atoms with van der Waals surface area (Å²) in [5, 5.41) is 7.54. The first-order chi connectivity index (χ1) is 8.83. The standard InChI is InChI=1S/C13H19N5/c1-3-18-13(16-10-17-18)9-12(14-2)8-11-4-6-15-7-5-11/h4-7,10,12,14H,3,8-9H2,1-2H3. The highest BCUT2D eigenvalue weighted by Crippen LogP contribution is 2.06. The number of hydrogen-bond donors (Lipinski definition) is 1. The minimum Gasteiger partial charge on any atom is -0.316 e. The smallest absolute Gasteiger partial charge is 0.138 e. The molecule has 0 saturated carbocycles. The van der Waals surface area contributed by atoms with Gasteiger partial charge >= 0.3 is 0 Å². The van der Waals surface area contributed by atoms with E-state index in [9.17, 15) is 0 Å². The molecule has 2 aromatic heterocycles. The topological polar surface area (TPSA) is 55.6 Å². The number of likely N-dealkylation sites (N-methyl/N-ethyl adjacent to an activating group) is 1. The molecule has 0 radical (unpaired) electrons. The monoisotopic (exact) mass is 245 g/mol. The summed E-state index contributed by atoms with van der Waals surface area (Å²) in [6.45, 7) is 2.94. The molecule has 0 aliphatic rings. The normalized spacial score (nSPS) is 12.6. The van der Waals surface area contributed by atoms with Crippen LogP contribution in [0.5, 0.6) is 0 Å². The van der Waals surface area contributed by atoms with E-state index in [4.69, 9.17) is 0 Å². The molecule has 0 amide bonds. The lowest BCUT2D eigenvalue weighted by atomic mass is 10.0. The van der Waals surface area contributed by atoms with Gasteiger partial charge in [0.25, 0.3) is 0 Å². The van der Waals surface area contributed by atoms with E-state index >= 15 is 0 Å². The van der Waals surface area contributed by atoms with Crippen molar-refractivity contribution >= 4 is 0 Å². The van der Waals surface area contributed by atoms with E-state index in [1.807, 2.05) is 24.1 Å². The van der Waals surface area contributed by atoms with E-state index in [2.05, 4.69) is 39.4 Å². The summed E-state index contributed by atoms with van der Waals surface area (Å²) in [4.78, 5) is 8.35. The van der Waals surface area contributed by atoms with Crippen molar-refractivity contribution in [2.75, 3.05) is 7.05 Å². The lowest BCUT2D eigenvalue weighted by molar-refractivity contribution is 0.513.